The molecule has 0 aromatic heterocycles. The van der Waals surface area contributed by atoms with Gasteiger partial charge in [-0.05, 0) is 17.7 Å². The Hall–Kier alpha value is 0.01000. The first-order valence-electron chi connectivity index (χ1n) is 4.28. The Bertz CT molecular complexity index is 392. The lowest BCUT2D eigenvalue weighted by molar-refractivity contribution is 0.0989. The van der Waals surface area contributed by atoms with Crippen LogP contribution in [0.2, 0.25) is 5.02 Å². The fourth-order valence-corrected chi connectivity index (χ4v) is 3.42. The highest BCUT2D eigenvalue weighted by Gasteiger charge is 2.20. The van der Waals surface area contributed by atoms with Gasteiger partial charge >= 0.3 is 0 Å². The molecule has 0 amide bonds. The first-order chi connectivity index (χ1) is 6.70. The number of hydrogen-bond donors (Lipinski definition) is 0. The Morgan fingerprint density at radius 2 is 2.21 bits per heavy atom. The van der Waals surface area contributed by atoms with E-state index in [0.29, 0.717) is 17.0 Å². The van der Waals surface area contributed by atoms with Crippen molar-refractivity contribution in [1.29, 1.82) is 0 Å². The maximum absolute atomic E-state index is 11.8. The summed E-state index contributed by atoms with van der Waals surface area (Å²) in [6, 6.07) is 3.68. The number of carbonyl (C=O) groups excluding carboxylic acids is 1. The molecule has 0 N–H and O–H groups in total. The van der Waals surface area contributed by atoms with Gasteiger partial charge in [0, 0.05) is 28.0 Å². The zero-order valence-electron chi connectivity index (χ0n) is 7.35. The van der Waals surface area contributed by atoms with Crippen molar-refractivity contribution in [2.24, 2.45) is 0 Å². The van der Waals surface area contributed by atoms with Crippen molar-refractivity contribution in [2.75, 3.05) is 5.75 Å². The number of rotatable bonds is 0. The zero-order chi connectivity index (χ0) is 10.1. The summed E-state index contributed by atoms with van der Waals surface area (Å²) in [5.74, 6) is 1.91. The number of hydrogen-bond acceptors (Lipinski definition) is 2. The molecule has 0 fully saturated rings. The topological polar surface area (TPSA) is 17.1 Å². The van der Waals surface area contributed by atoms with Crippen LogP contribution in [0.5, 0.6) is 0 Å². The lowest BCUT2D eigenvalue weighted by atomic mass is 10.0. The van der Waals surface area contributed by atoms with Crippen LogP contribution in [0, 0.1) is 0 Å². The molecule has 1 heterocycles. The maximum Gasteiger partial charge on any atom is 0.165 e. The Kier molecular flexibility index (Phi) is 3.20. The molecule has 14 heavy (non-hydrogen) atoms. The number of thioether (sulfide) groups is 1. The molecule has 4 heteroatoms. The van der Waals surface area contributed by atoms with Gasteiger partial charge in [-0.15, -0.1) is 0 Å². The molecule has 0 saturated carbocycles. The first-order valence-corrected chi connectivity index (χ1v) is 6.60. The van der Waals surface area contributed by atoms with Crippen molar-refractivity contribution in [3.8, 4) is 0 Å². The van der Waals surface area contributed by atoms with Crippen molar-refractivity contribution in [3.63, 3.8) is 0 Å². The molecule has 74 valence electrons. The number of fused-ring (bicyclic) bond motifs is 1. The lowest BCUT2D eigenvalue weighted by Gasteiger charge is -2.08. The van der Waals surface area contributed by atoms with Gasteiger partial charge < -0.3 is 0 Å². The highest BCUT2D eigenvalue weighted by Crippen LogP contribution is 2.33. The molecule has 0 unspecified atom stereocenters. The molecule has 0 atom stereocenters. The number of halogens is 2. The van der Waals surface area contributed by atoms with E-state index in [0.717, 1.165) is 21.5 Å². The second-order valence-corrected chi connectivity index (χ2v) is 5.48. The van der Waals surface area contributed by atoms with E-state index in [1.807, 2.05) is 6.07 Å². The van der Waals surface area contributed by atoms with E-state index in [1.54, 1.807) is 17.8 Å². The van der Waals surface area contributed by atoms with Crippen LogP contribution >= 0.6 is 39.3 Å². The molecule has 0 radical (unpaired) electrons. The fourth-order valence-electron chi connectivity index (χ4n) is 1.50. The van der Waals surface area contributed by atoms with E-state index < -0.39 is 0 Å². The molecule has 0 saturated heterocycles. The standard InChI is InChI=1S/C10H8BrClOS/c11-7-1-2-8(12)10-6(7)5-14-4-3-9(10)13/h1-2H,3-5H2. The summed E-state index contributed by atoms with van der Waals surface area (Å²) in [5, 5.41) is 0.579. The van der Waals surface area contributed by atoms with Gasteiger partial charge in [0.05, 0.1) is 5.02 Å². The molecule has 1 aromatic rings. The van der Waals surface area contributed by atoms with E-state index in [9.17, 15) is 4.79 Å². The average molecular weight is 292 g/mol. The summed E-state index contributed by atoms with van der Waals surface area (Å²) < 4.78 is 0.986. The van der Waals surface area contributed by atoms with Gasteiger partial charge in [-0.3, -0.25) is 4.79 Å². The van der Waals surface area contributed by atoms with Gasteiger partial charge in [0.2, 0.25) is 0 Å². The highest BCUT2D eigenvalue weighted by atomic mass is 79.9. The van der Waals surface area contributed by atoms with Crippen LogP contribution < -0.4 is 0 Å². The van der Waals surface area contributed by atoms with Crippen LogP contribution in [0.3, 0.4) is 0 Å². The van der Waals surface area contributed by atoms with Gasteiger partial charge in [-0.2, -0.15) is 11.8 Å². The molecule has 0 bridgehead atoms. The zero-order valence-corrected chi connectivity index (χ0v) is 10.5. The van der Waals surface area contributed by atoms with Gasteiger partial charge in [-0.25, -0.2) is 0 Å². The van der Waals surface area contributed by atoms with Crippen LogP contribution in [-0.4, -0.2) is 11.5 Å². The third-order valence-corrected chi connectivity index (χ3v) is 4.25. The van der Waals surface area contributed by atoms with E-state index in [1.165, 1.54) is 0 Å². The molecular weight excluding hydrogens is 284 g/mol. The van der Waals surface area contributed by atoms with Gasteiger partial charge in [0.15, 0.2) is 5.78 Å². The number of ketones is 1. The summed E-state index contributed by atoms with van der Waals surface area (Å²) >= 11 is 11.3. The summed E-state index contributed by atoms with van der Waals surface area (Å²) in [6.45, 7) is 0. The second kappa shape index (κ2) is 4.25. The third kappa shape index (κ3) is 1.86. The minimum absolute atomic E-state index is 0.163. The monoisotopic (exact) mass is 290 g/mol. The lowest BCUT2D eigenvalue weighted by Crippen LogP contribution is -2.02. The van der Waals surface area contributed by atoms with E-state index in [2.05, 4.69) is 15.9 Å². The third-order valence-electron chi connectivity index (χ3n) is 2.20. The van der Waals surface area contributed by atoms with Crippen LogP contribution in [0.1, 0.15) is 22.3 Å². The van der Waals surface area contributed by atoms with Crippen LogP contribution in [0.4, 0.5) is 0 Å². The van der Waals surface area contributed by atoms with Crippen molar-refractivity contribution < 1.29 is 4.79 Å². The van der Waals surface area contributed by atoms with Crippen LogP contribution in [0.15, 0.2) is 16.6 Å². The Morgan fingerprint density at radius 3 is 3.00 bits per heavy atom. The fraction of sp³-hybridized carbons (Fsp3) is 0.300. The Labute approximate surface area is 100 Å². The Morgan fingerprint density at radius 1 is 1.43 bits per heavy atom. The largest absolute Gasteiger partial charge is 0.294 e. The number of carbonyl (C=O) groups is 1. The van der Waals surface area contributed by atoms with Crippen LogP contribution in [-0.2, 0) is 5.75 Å². The van der Waals surface area contributed by atoms with Crippen molar-refractivity contribution in [1.82, 2.24) is 0 Å². The van der Waals surface area contributed by atoms with E-state index in [-0.39, 0.29) is 5.78 Å². The molecule has 1 aliphatic rings. The smallest absolute Gasteiger partial charge is 0.165 e. The Balaban J connectivity index is 2.62. The minimum atomic E-state index is 0.163. The SMILES string of the molecule is O=C1CCSCc2c(Br)ccc(Cl)c21. The predicted octanol–water partition coefficient (Wildman–Crippen LogP) is 3.92. The van der Waals surface area contributed by atoms with Crippen molar-refractivity contribution in [3.05, 3.63) is 32.8 Å². The highest BCUT2D eigenvalue weighted by molar-refractivity contribution is 9.10. The number of benzene rings is 1. The number of Topliss-reactive ketones (excluding diaryl/α,β-unsaturated/α-hetero) is 1. The molecule has 1 nitrogen and oxygen atoms in total. The summed E-state index contributed by atoms with van der Waals surface area (Å²) in [5.41, 5.74) is 1.76. The molecule has 1 aromatic carbocycles. The summed E-state index contributed by atoms with van der Waals surface area (Å²) in [4.78, 5) is 11.8. The minimum Gasteiger partial charge on any atom is -0.294 e. The molecule has 0 spiro atoms. The maximum atomic E-state index is 11.8. The van der Waals surface area contributed by atoms with Crippen LogP contribution in [0.25, 0.3) is 0 Å². The predicted molar refractivity (Wildman–Crippen MR) is 64.3 cm³/mol. The molecule has 1 aliphatic heterocycles. The first kappa shape index (κ1) is 10.5. The molecule has 2 rings (SSSR count). The summed E-state index contributed by atoms with van der Waals surface area (Å²) in [6.07, 6.45) is 0.591. The molecule has 0 aliphatic carbocycles. The van der Waals surface area contributed by atoms with Gasteiger partial charge in [0.25, 0.3) is 0 Å². The van der Waals surface area contributed by atoms with Gasteiger partial charge in [0.1, 0.15) is 0 Å². The van der Waals surface area contributed by atoms with E-state index >= 15 is 0 Å². The normalized spacial score (nSPS) is 16.3. The quantitative estimate of drug-likeness (QED) is 0.720. The molecular formula is C10H8BrClOS. The van der Waals surface area contributed by atoms with Gasteiger partial charge in [-0.1, -0.05) is 27.5 Å². The van der Waals surface area contributed by atoms with Crippen molar-refractivity contribution >= 4 is 45.1 Å². The average Bonchev–Trinajstić information content (AvgIpc) is 2.35. The summed E-state index contributed by atoms with van der Waals surface area (Å²) in [7, 11) is 0. The van der Waals surface area contributed by atoms with E-state index in [4.69, 9.17) is 11.6 Å². The van der Waals surface area contributed by atoms with Crippen molar-refractivity contribution in [2.45, 2.75) is 12.2 Å². The second-order valence-electron chi connectivity index (χ2n) is 3.11.